The van der Waals surface area contributed by atoms with Crippen LogP contribution in [0.3, 0.4) is 0 Å². The fraction of sp³-hybridized carbons (Fsp3) is 1.00. The first-order valence-electron chi connectivity index (χ1n) is 6.75. The highest BCUT2D eigenvalue weighted by molar-refractivity contribution is 7.99. The second-order valence-corrected chi connectivity index (χ2v) is 6.59. The van der Waals surface area contributed by atoms with Crippen molar-refractivity contribution < 1.29 is 14.9 Å². The highest BCUT2D eigenvalue weighted by Crippen LogP contribution is 2.41. The summed E-state index contributed by atoms with van der Waals surface area (Å²) >= 11 is 1.99. The molecule has 1 spiro atoms. The number of aliphatic hydroxyl groups excluding tert-OH is 2. The molecule has 2 rings (SSSR count). The third-order valence-corrected chi connectivity index (χ3v) is 5.22. The fourth-order valence-corrected chi connectivity index (χ4v) is 4.24. The molecule has 0 aliphatic carbocycles. The van der Waals surface area contributed by atoms with Crippen LogP contribution in [0.4, 0.5) is 0 Å². The molecule has 2 saturated heterocycles. The zero-order valence-corrected chi connectivity index (χ0v) is 11.4. The maximum Gasteiger partial charge on any atom is 0.0828 e. The molecular formula is C13H24O3S. The van der Waals surface area contributed by atoms with E-state index in [1.54, 1.807) is 0 Å². The smallest absolute Gasteiger partial charge is 0.0828 e. The van der Waals surface area contributed by atoms with E-state index in [0.717, 1.165) is 32.3 Å². The van der Waals surface area contributed by atoms with E-state index in [9.17, 15) is 10.2 Å². The van der Waals surface area contributed by atoms with Gasteiger partial charge in [-0.2, -0.15) is 11.8 Å². The van der Waals surface area contributed by atoms with E-state index in [1.807, 2.05) is 18.7 Å². The van der Waals surface area contributed by atoms with Crippen molar-refractivity contribution >= 4 is 11.8 Å². The van der Waals surface area contributed by atoms with Crippen molar-refractivity contribution in [2.45, 2.75) is 56.8 Å². The molecular weight excluding hydrogens is 236 g/mol. The van der Waals surface area contributed by atoms with Gasteiger partial charge in [-0.1, -0.05) is 6.92 Å². The zero-order valence-electron chi connectivity index (χ0n) is 10.6. The van der Waals surface area contributed by atoms with Crippen molar-refractivity contribution in [3.8, 4) is 0 Å². The molecule has 2 heterocycles. The van der Waals surface area contributed by atoms with Crippen LogP contribution in [0.1, 0.15) is 39.0 Å². The Labute approximate surface area is 108 Å². The minimum Gasteiger partial charge on any atom is -0.390 e. The molecule has 2 aliphatic rings. The van der Waals surface area contributed by atoms with Gasteiger partial charge in [0.15, 0.2) is 0 Å². The van der Waals surface area contributed by atoms with Gasteiger partial charge in [-0.05, 0) is 49.5 Å². The molecule has 2 fully saturated rings. The van der Waals surface area contributed by atoms with Gasteiger partial charge < -0.3 is 14.9 Å². The second-order valence-electron chi connectivity index (χ2n) is 5.36. The summed E-state index contributed by atoms with van der Waals surface area (Å²) in [5.41, 5.74) is 0.00259. The van der Waals surface area contributed by atoms with E-state index >= 15 is 0 Å². The van der Waals surface area contributed by atoms with Gasteiger partial charge in [0, 0.05) is 6.61 Å². The third kappa shape index (κ3) is 3.16. The van der Waals surface area contributed by atoms with Crippen molar-refractivity contribution in [3.63, 3.8) is 0 Å². The first-order valence-corrected chi connectivity index (χ1v) is 7.90. The Bertz CT molecular complexity index is 235. The lowest BCUT2D eigenvalue weighted by atomic mass is 9.78. The Morgan fingerprint density at radius 1 is 1.35 bits per heavy atom. The molecule has 0 amide bonds. The normalized spacial score (nSPS) is 32.3. The summed E-state index contributed by atoms with van der Waals surface area (Å²) in [4.78, 5) is 0. The topological polar surface area (TPSA) is 49.7 Å². The molecule has 0 aromatic carbocycles. The minimum absolute atomic E-state index is 0.00259. The number of rotatable bonds is 3. The lowest BCUT2D eigenvalue weighted by Gasteiger charge is -2.45. The van der Waals surface area contributed by atoms with Crippen LogP contribution >= 0.6 is 11.8 Å². The molecule has 0 aromatic heterocycles. The SMILES string of the molecule is CCC(O)C(O)C1CCOC2(CCSCC2)C1. The van der Waals surface area contributed by atoms with E-state index in [4.69, 9.17) is 4.74 Å². The molecule has 100 valence electrons. The number of hydrogen-bond donors (Lipinski definition) is 2. The number of thioether (sulfide) groups is 1. The third-order valence-electron chi connectivity index (χ3n) is 4.23. The lowest BCUT2D eigenvalue weighted by molar-refractivity contribution is -0.135. The Kier molecular flexibility index (Phi) is 4.75. The summed E-state index contributed by atoms with van der Waals surface area (Å²) in [6.07, 6.45) is 3.48. The molecule has 0 bridgehead atoms. The molecule has 0 aromatic rings. The van der Waals surface area contributed by atoms with Gasteiger partial charge in [0.1, 0.15) is 0 Å². The Morgan fingerprint density at radius 2 is 2.06 bits per heavy atom. The van der Waals surface area contributed by atoms with Crippen LogP contribution in [0.25, 0.3) is 0 Å². The van der Waals surface area contributed by atoms with Crippen LogP contribution in [0.5, 0.6) is 0 Å². The second kappa shape index (κ2) is 5.91. The maximum absolute atomic E-state index is 10.1. The molecule has 2 N–H and O–H groups in total. The van der Waals surface area contributed by atoms with Crippen molar-refractivity contribution in [2.24, 2.45) is 5.92 Å². The van der Waals surface area contributed by atoms with Crippen LogP contribution in [0, 0.1) is 5.92 Å². The van der Waals surface area contributed by atoms with E-state index in [-0.39, 0.29) is 11.5 Å². The molecule has 17 heavy (non-hydrogen) atoms. The van der Waals surface area contributed by atoms with Gasteiger partial charge in [0.05, 0.1) is 17.8 Å². The Morgan fingerprint density at radius 3 is 2.71 bits per heavy atom. The van der Waals surface area contributed by atoms with Gasteiger partial charge in [-0.15, -0.1) is 0 Å². The predicted octanol–water partition coefficient (Wildman–Crippen LogP) is 1.81. The summed E-state index contributed by atoms with van der Waals surface area (Å²) in [7, 11) is 0. The van der Waals surface area contributed by atoms with Crippen LogP contribution in [-0.4, -0.2) is 46.1 Å². The van der Waals surface area contributed by atoms with Crippen LogP contribution < -0.4 is 0 Å². The van der Waals surface area contributed by atoms with Crippen molar-refractivity contribution in [1.29, 1.82) is 0 Å². The van der Waals surface area contributed by atoms with Crippen LogP contribution in [-0.2, 0) is 4.74 Å². The molecule has 2 aliphatic heterocycles. The number of ether oxygens (including phenoxy) is 1. The first kappa shape index (κ1) is 13.7. The molecule has 0 saturated carbocycles. The maximum atomic E-state index is 10.1. The monoisotopic (exact) mass is 260 g/mol. The summed E-state index contributed by atoms with van der Waals surface area (Å²) < 4.78 is 5.99. The molecule has 3 unspecified atom stereocenters. The Balaban J connectivity index is 1.96. The quantitative estimate of drug-likeness (QED) is 0.812. The fourth-order valence-electron chi connectivity index (χ4n) is 3.00. The van der Waals surface area contributed by atoms with Crippen molar-refractivity contribution in [3.05, 3.63) is 0 Å². The summed E-state index contributed by atoms with van der Waals surface area (Å²) in [5, 5.41) is 19.9. The van der Waals surface area contributed by atoms with Crippen molar-refractivity contribution in [2.75, 3.05) is 18.1 Å². The minimum atomic E-state index is -0.576. The molecule has 0 radical (unpaired) electrons. The average molecular weight is 260 g/mol. The first-order chi connectivity index (χ1) is 8.17. The highest BCUT2D eigenvalue weighted by atomic mass is 32.2. The standard InChI is InChI=1S/C13H24O3S/c1-2-11(14)12(15)10-3-6-16-13(9-10)4-7-17-8-5-13/h10-12,14-15H,2-9H2,1H3. The number of hydrogen-bond acceptors (Lipinski definition) is 4. The number of aliphatic hydroxyl groups is 2. The van der Waals surface area contributed by atoms with Gasteiger partial charge in [-0.25, -0.2) is 0 Å². The molecule has 3 atom stereocenters. The van der Waals surface area contributed by atoms with E-state index < -0.39 is 12.2 Å². The average Bonchev–Trinajstić information content (AvgIpc) is 2.38. The Hall–Kier alpha value is 0.230. The van der Waals surface area contributed by atoms with E-state index in [2.05, 4.69) is 0 Å². The zero-order chi connectivity index (χ0) is 12.3. The molecule has 3 nitrogen and oxygen atoms in total. The lowest BCUT2D eigenvalue weighted by Crippen LogP contribution is -2.47. The van der Waals surface area contributed by atoms with Crippen LogP contribution in [0.2, 0.25) is 0 Å². The van der Waals surface area contributed by atoms with E-state index in [0.29, 0.717) is 6.42 Å². The van der Waals surface area contributed by atoms with Gasteiger partial charge >= 0.3 is 0 Å². The highest BCUT2D eigenvalue weighted by Gasteiger charge is 2.41. The van der Waals surface area contributed by atoms with Crippen LogP contribution in [0.15, 0.2) is 0 Å². The summed E-state index contributed by atoms with van der Waals surface area (Å²) in [5.74, 6) is 2.54. The molecule has 4 heteroatoms. The van der Waals surface area contributed by atoms with Crippen molar-refractivity contribution in [1.82, 2.24) is 0 Å². The van der Waals surface area contributed by atoms with Gasteiger partial charge in [0.2, 0.25) is 0 Å². The van der Waals surface area contributed by atoms with E-state index in [1.165, 1.54) is 11.5 Å². The van der Waals surface area contributed by atoms with Gasteiger partial charge in [0.25, 0.3) is 0 Å². The summed E-state index contributed by atoms with van der Waals surface area (Å²) in [6.45, 7) is 2.66. The summed E-state index contributed by atoms with van der Waals surface area (Å²) in [6, 6.07) is 0. The van der Waals surface area contributed by atoms with Gasteiger partial charge in [-0.3, -0.25) is 0 Å². The largest absolute Gasteiger partial charge is 0.390 e. The predicted molar refractivity (Wildman–Crippen MR) is 70.3 cm³/mol.